The first-order valence-electron chi connectivity index (χ1n) is 9.06. The van der Waals surface area contributed by atoms with Crippen molar-refractivity contribution in [3.63, 3.8) is 0 Å². The highest BCUT2D eigenvalue weighted by Gasteiger charge is 2.18. The van der Waals surface area contributed by atoms with E-state index >= 15 is 0 Å². The summed E-state index contributed by atoms with van der Waals surface area (Å²) < 4.78 is 26.7. The molecule has 0 radical (unpaired) electrons. The van der Waals surface area contributed by atoms with Gasteiger partial charge in [0.15, 0.2) is 0 Å². The van der Waals surface area contributed by atoms with E-state index < -0.39 is 9.84 Å². The van der Waals surface area contributed by atoms with Gasteiger partial charge in [0.2, 0.25) is 9.84 Å². The Bertz CT molecular complexity index is 1290. The molecule has 0 aliphatic heterocycles. The van der Waals surface area contributed by atoms with Crippen molar-refractivity contribution < 1.29 is 13.2 Å². The van der Waals surface area contributed by atoms with Gasteiger partial charge in [-0.1, -0.05) is 23.7 Å². The third-order valence-corrected chi connectivity index (χ3v) is 7.61. The number of aryl methyl sites for hydroxylation is 1. The Kier molecular flexibility index (Phi) is 5.60. The third-order valence-electron chi connectivity index (χ3n) is 4.56. The Hall–Kier alpha value is -2.74. The van der Waals surface area contributed by atoms with Crippen LogP contribution in [-0.4, -0.2) is 19.3 Å². The number of hydrogen-bond acceptors (Lipinski definition) is 5. The van der Waals surface area contributed by atoms with Gasteiger partial charge in [-0.2, -0.15) is 0 Å². The molecule has 4 rings (SSSR count). The van der Waals surface area contributed by atoms with Gasteiger partial charge >= 0.3 is 0 Å². The summed E-state index contributed by atoms with van der Waals surface area (Å²) in [5.41, 5.74) is 1.57. The minimum Gasteiger partial charge on any atom is -0.347 e. The smallest absolute Gasteiger partial charge is 0.261 e. The van der Waals surface area contributed by atoms with Crippen molar-refractivity contribution in [2.45, 2.75) is 23.3 Å². The summed E-state index contributed by atoms with van der Waals surface area (Å²) in [7, 11) is -3.67. The third kappa shape index (κ3) is 4.23. The van der Waals surface area contributed by atoms with Crippen molar-refractivity contribution in [3.05, 3.63) is 88.0 Å². The van der Waals surface area contributed by atoms with Crippen LogP contribution in [0, 0.1) is 6.92 Å². The molecule has 0 atom stereocenters. The first kappa shape index (κ1) is 20.5. The average Bonchev–Trinajstić information content (AvgIpc) is 3.16. The van der Waals surface area contributed by atoms with Crippen LogP contribution in [0.4, 0.5) is 0 Å². The number of aromatic nitrogens is 1. The second-order valence-electron chi connectivity index (χ2n) is 6.82. The van der Waals surface area contributed by atoms with Gasteiger partial charge in [0, 0.05) is 24.0 Å². The van der Waals surface area contributed by atoms with Gasteiger partial charge in [0.05, 0.1) is 19.4 Å². The number of fused-ring (bicyclic) bond motifs is 1. The number of nitrogens with one attached hydrogen (secondary N) is 1. The number of sulfone groups is 1. The second kappa shape index (κ2) is 8.18. The molecule has 8 heteroatoms. The molecule has 2 heterocycles. The highest BCUT2D eigenvalue weighted by atomic mass is 35.5. The number of carbonyl (C=O) groups excluding carboxylic acids is 1. The lowest BCUT2D eigenvalue weighted by atomic mass is 10.2. The molecule has 0 unspecified atom stereocenters. The molecule has 0 saturated heterocycles. The van der Waals surface area contributed by atoms with Gasteiger partial charge in [0.1, 0.15) is 0 Å². The monoisotopic (exact) mass is 456 g/mol. The number of rotatable bonds is 5. The minimum atomic E-state index is -3.67. The van der Waals surface area contributed by atoms with Crippen molar-refractivity contribution in [3.8, 4) is 0 Å². The molecule has 5 nitrogen and oxygen atoms in total. The molecule has 152 valence electrons. The number of nitrogens with zero attached hydrogens (tertiary/aromatic N) is 1. The number of carbonyl (C=O) groups is 1. The van der Waals surface area contributed by atoms with Crippen molar-refractivity contribution in [2.24, 2.45) is 0 Å². The summed E-state index contributed by atoms with van der Waals surface area (Å²) in [5, 5.41) is 4.22. The van der Waals surface area contributed by atoms with Crippen LogP contribution in [-0.2, 0) is 16.4 Å². The van der Waals surface area contributed by atoms with Crippen LogP contribution in [0.25, 0.3) is 10.1 Å². The molecule has 2 aromatic heterocycles. The lowest BCUT2D eigenvalue weighted by Gasteiger charge is -2.08. The van der Waals surface area contributed by atoms with Gasteiger partial charge in [-0.25, -0.2) is 8.42 Å². The average molecular weight is 457 g/mol. The van der Waals surface area contributed by atoms with Crippen LogP contribution in [0.2, 0.25) is 5.02 Å². The number of hydrogen-bond donors (Lipinski definition) is 1. The fraction of sp³-hybridized carbons (Fsp3) is 0.0909. The van der Waals surface area contributed by atoms with Crippen LogP contribution in [0.3, 0.4) is 0 Å². The Labute approximate surface area is 183 Å². The zero-order valence-electron chi connectivity index (χ0n) is 15.9. The Morgan fingerprint density at radius 3 is 2.53 bits per heavy atom. The van der Waals surface area contributed by atoms with Crippen molar-refractivity contribution in [1.29, 1.82) is 0 Å². The molecule has 30 heavy (non-hydrogen) atoms. The molecular weight excluding hydrogens is 440 g/mol. The Morgan fingerprint density at radius 1 is 1.07 bits per heavy atom. The predicted molar refractivity (Wildman–Crippen MR) is 119 cm³/mol. The van der Waals surface area contributed by atoms with Crippen LogP contribution in [0.5, 0.6) is 0 Å². The van der Waals surface area contributed by atoms with Gasteiger partial charge in [-0.05, 0) is 65.9 Å². The topological polar surface area (TPSA) is 76.1 Å². The molecule has 2 aromatic carbocycles. The second-order valence-corrected chi connectivity index (χ2v) is 10.3. The summed E-state index contributed by atoms with van der Waals surface area (Å²) in [6.45, 7) is 2.09. The molecule has 1 amide bonds. The zero-order valence-corrected chi connectivity index (χ0v) is 18.3. The van der Waals surface area contributed by atoms with Crippen molar-refractivity contribution in [1.82, 2.24) is 10.3 Å². The molecule has 0 aliphatic carbocycles. The molecule has 0 aliphatic rings. The molecule has 0 bridgehead atoms. The predicted octanol–water partition coefficient (Wildman–Crippen LogP) is 5.02. The van der Waals surface area contributed by atoms with E-state index in [4.69, 9.17) is 11.6 Å². The van der Waals surface area contributed by atoms with E-state index in [-0.39, 0.29) is 15.7 Å². The van der Waals surface area contributed by atoms with Gasteiger partial charge in [-0.3, -0.25) is 9.78 Å². The van der Waals surface area contributed by atoms with Crippen LogP contribution < -0.4 is 5.32 Å². The molecule has 0 saturated carbocycles. The van der Waals surface area contributed by atoms with Crippen LogP contribution in [0.15, 0.2) is 76.8 Å². The normalized spacial score (nSPS) is 11.5. The molecule has 0 fully saturated rings. The number of benzene rings is 2. The van der Waals surface area contributed by atoms with Gasteiger partial charge in [-0.15, -0.1) is 11.3 Å². The summed E-state index contributed by atoms with van der Waals surface area (Å²) in [6, 6.07) is 14.9. The molecular formula is C22H17ClN2O3S2. The maximum atomic E-state index is 12.9. The van der Waals surface area contributed by atoms with E-state index in [1.165, 1.54) is 29.5 Å². The van der Waals surface area contributed by atoms with E-state index in [1.54, 1.807) is 43.6 Å². The highest BCUT2D eigenvalue weighted by molar-refractivity contribution is 7.91. The molecule has 1 N–H and O–H groups in total. The number of thiophene rings is 1. The summed E-state index contributed by atoms with van der Waals surface area (Å²) >= 11 is 7.39. The summed E-state index contributed by atoms with van der Waals surface area (Å²) in [6.07, 6.45) is 3.43. The van der Waals surface area contributed by atoms with E-state index in [9.17, 15) is 13.2 Å². The largest absolute Gasteiger partial charge is 0.347 e. The summed E-state index contributed by atoms with van der Waals surface area (Å²) in [5.74, 6) is -0.178. The first-order chi connectivity index (χ1) is 14.3. The maximum absolute atomic E-state index is 12.9. The van der Waals surface area contributed by atoms with E-state index in [2.05, 4.69) is 10.3 Å². The fourth-order valence-corrected chi connectivity index (χ4v) is 5.74. The zero-order chi connectivity index (χ0) is 21.3. The molecule has 4 aromatic rings. The quantitative estimate of drug-likeness (QED) is 0.457. The van der Waals surface area contributed by atoms with Gasteiger partial charge in [0.25, 0.3) is 5.91 Å². The van der Waals surface area contributed by atoms with E-state index in [0.29, 0.717) is 16.4 Å². The van der Waals surface area contributed by atoms with Crippen molar-refractivity contribution >= 4 is 48.8 Å². The van der Waals surface area contributed by atoms with E-state index in [0.717, 1.165) is 21.2 Å². The maximum Gasteiger partial charge on any atom is 0.261 e. The lowest BCUT2D eigenvalue weighted by Crippen LogP contribution is -2.21. The van der Waals surface area contributed by atoms with Crippen molar-refractivity contribution in [2.75, 3.05) is 0 Å². The number of halogens is 1. The van der Waals surface area contributed by atoms with Crippen LogP contribution >= 0.6 is 22.9 Å². The fourth-order valence-electron chi connectivity index (χ4n) is 3.05. The van der Waals surface area contributed by atoms with Crippen LogP contribution in [0.1, 0.15) is 20.8 Å². The number of pyridine rings is 1. The lowest BCUT2D eigenvalue weighted by molar-refractivity contribution is 0.0955. The Balaban J connectivity index is 1.47. The number of amides is 1. The van der Waals surface area contributed by atoms with Gasteiger partial charge < -0.3 is 5.32 Å². The summed E-state index contributed by atoms with van der Waals surface area (Å²) in [4.78, 5) is 17.4. The first-order valence-corrected chi connectivity index (χ1v) is 11.7. The standard InChI is InChI=1S/C22H17ClN2O3S2/c1-14-8-17(23)11-19(9-14)30(27,28)18-4-2-15(3-5-18)12-25-22(26)20-10-16-6-7-24-13-21(16)29-20/h2-11,13H,12H2,1H3,(H,25,26). The highest BCUT2D eigenvalue weighted by Crippen LogP contribution is 2.26. The minimum absolute atomic E-state index is 0.160. The Morgan fingerprint density at radius 2 is 1.83 bits per heavy atom. The SMILES string of the molecule is Cc1cc(Cl)cc(S(=O)(=O)c2ccc(CNC(=O)c3cc4ccncc4s3)cc2)c1. The molecule has 0 spiro atoms. The van der Waals surface area contributed by atoms with E-state index in [1.807, 2.05) is 12.1 Å².